The molecular formula is C18H17NO. The second-order valence-corrected chi connectivity index (χ2v) is 5.15. The van der Waals surface area contributed by atoms with Gasteiger partial charge in [0.05, 0.1) is 0 Å². The Morgan fingerprint density at radius 1 is 1.00 bits per heavy atom. The van der Waals surface area contributed by atoms with Gasteiger partial charge in [-0.3, -0.25) is 0 Å². The van der Waals surface area contributed by atoms with Crippen LogP contribution in [0, 0.1) is 6.92 Å². The van der Waals surface area contributed by atoms with Crippen LogP contribution in [0.15, 0.2) is 54.2 Å². The number of aryl methyl sites for hydroxylation is 1. The summed E-state index contributed by atoms with van der Waals surface area (Å²) in [6, 6.07) is 15.9. The van der Waals surface area contributed by atoms with Gasteiger partial charge in [0, 0.05) is 11.4 Å². The average molecular weight is 263 g/mol. The maximum atomic E-state index is 11.7. The first-order valence-corrected chi connectivity index (χ1v) is 6.80. The molecule has 2 aromatic rings. The lowest BCUT2D eigenvalue weighted by atomic mass is 9.91. The zero-order chi connectivity index (χ0) is 14.1. The van der Waals surface area contributed by atoms with Gasteiger partial charge >= 0.3 is 0 Å². The Kier molecular flexibility index (Phi) is 3.15. The van der Waals surface area contributed by atoms with E-state index in [1.54, 1.807) is 0 Å². The molecule has 2 heteroatoms. The van der Waals surface area contributed by atoms with Gasteiger partial charge in [0.1, 0.15) is 12.3 Å². The van der Waals surface area contributed by atoms with Crippen LogP contribution in [-0.4, -0.2) is 6.29 Å². The third-order valence-corrected chi connectivity index (χ3v) is 3.85. The third kappa shape index (κ3) is 1.94. The molecule has 0 saturated heterocycles. The summed E-state index contributed by atoms with van der Waals surface area (Å²) in [5.41, 5.74) is 5.60. The van der Waals surface area contributed by atoms with E-state index in [9.17, 15) is 4.79 Å². The Bertz CT molecular complexity index is 673. The van der Waals surface area contributed by atoms with Gasteiger partial charge in [-0.2, -0.15) is 0 Å². The summed E-state index contributed by atoms with van der Waals surface area (Å²) in [5.74, 6) is 0. The van der Waals surface area contributed by atoms with Gasteiger partial charge in [0.15, 0.2) is 0 Å². The van der Waals surface area contributed by atoms with Crippen molar-refractivity contribution in [3.05, 3.63) is 70.9 Å². The van der Waals surface area contributed by atoms with E-state index in [-0.39, 0.29) is 6.04 Å². The quantitative estimate of drug-likeness (QED) is 0.760. The lowest BCUT2D eigenvalue weighted by Gasteiger charge is -2.36. The van der Waals surface area contributed by atoms with E-state index in [2.05, 4.69) is 30.9 Å². The highest BCUT2D eigenvalue weighted by Gasteiger charge is 2.27. The first-order chi connectivity index (χ1) is 9.72. The fourth-order valence-electron chi connectivity index (χ4n) is 2.88. The van der Waals surface area contributed by atoms with Crippen molar-refractivity contribution in [3.8, 4) is 0 Å². The summed E-state index contributed by atoms with van der Waals surface area (Å²) in [6.07, 6.45) is 3.19. The van der Waals surface area contributed by atoms with Crippen LogP contribution in [0.1, 0.15) is 29.7 Å². The van der Waals surface area contributed by atoms with Gasteiger partial charge in [0.2, 0.25) is 0 Å². The molecule has 3 rings (SSSR count). The Labute approximate surface area is 119 Å². The van der Waals surface area contributed by atoms with Crippen molar-refractivity contribution < 1.29 is 4.79 Å². The number of rotatable bonds is 2. The van der Waals surface area contributed by atoms with Crippen LogP contribution in [-0.2, 0) is 4.79 Å². The molecule has 0 bridgehead atoms. The SMILES string of the molecule is CC1=Cc2c(C)cccc2C(C=O)N1c1ccccc1. The van der Waals surface area contributed by atoms with E-state index in [1.807, 2.05) is 42.5 Å². The van der Waals surface area contributed by atoms with Crippen LogP contribution >= 0.6 is 0 Å². The van der Waals surface area contributed by atoms with Crippen LogP contribution in [0.3, 0.4) is 0 Å². The van der Waals surface area contributed by atoms with Crippen molar-refractivity contribution in [3.63, 3.8) is 0 Å². The molecule has 0 saturated carbocycles. The molecule has 1 unspecified atom stereocenters. The fraction of sp³-hybridized carbons (Fsp3) is 0.167. The molecule has 1 aliphatic heterocycles. The maximum Gasteiger partial charge on any atom is 0.147 e. The highest BCUT2D eigenvalue weighted by molar-refractivity contribution is 5.80. The second-order valence-electron chi connectivity index (χ2n) is 5.15. The number of hydrogen-bond donors (Lipinski definition) is 0. The summed E-state index contributed by atoms with van der Waals surface area (Å²) in [6.45, 7) is 4.14. The molecule has 2 aromatic carbocycles. The van der Waals surface area contributed by atoms with Crippen molar-refractivity contribution >= 4 is 18.0 Å². The first-order valence-electron chi connectivity index (χ1n) is 6.80. The highest BCUT2D eigenvalue weighted by atomic mass is 16.1. The van der Waals surface area contributed by atoms with Crippen molar-refractivity contribution in [1.29, 1.82) is 0 Å². The minimum absolute atomic E-state index is 0.253. The Morgan fingerprint density at radius 2 is 1.75 bits per heavy atom. The van der Waals surface area contributed by atoms with E-state index in [0.717, 1.165) is 23.2 Å². The monoisotopic (exact) mass is 263 g/mol. The Balaban J connectivity index is 2.18. The van der Waals surface area contributed by atoms with Gasteiger partial charge in [-0.05, 0) is 48.7 Å². The van der Waals surface area contributed by atoms with E-state index >= 15 is 0 Å². The molecule has 1 aliphatic rings. The smallest absolute Gasteiger partial charge is 0.147 e. The van der Waals surface area contributed by atoms with Crippen LogP contribution in [0.25, 0.3) is 6.08 Å². The average Bonchev–Trinajstić information content (AvgIpc) is 2.48. The number of carbonyl (C=O) groups excluding carboxylic acids is 1. The summed E-state index contributed by atoms with van der Waals surface area (Å²) >= 11 is 0. The summed E-state index contributed by atoms with van der Waals surface area (Å²) in [5, 5.41) is 0. The molecule has 0 aromatic heterocycles. The molecule has 0 radical (unpaired) electrons. The topological polar surface area (TPSA) is 20.3 Å². The summed E-state index contributed by atoms with van der Waals surface area (Å²) in [7, 11) is 0. The van der Waals surface area contributed by atoms with E-state index < -0.39 is 0 Å². The molecule has 0 amide bonds. The molecule has 20 heavy (non-hydrogen) atoms. The first kappa shape index (κ1) is 12.7. The van der Waals surface area contributed by atoms with Crippen LogP contribution in [0.5, 0.6) is 0 Å². The zero-order valence-corrected chi connectivity index (χ0v) is 11.7. The normalized spacial score (nSPS) is 17.4. The van der Waals surface area contributed by atoms with Gasteiger partial charge in [-0.25, -0.2) is 0 Å². The van der Waals surface area contributed by atoms with E-state index in [1.165, 1.54) is 11.1 Å². The summed E-state index contributed by atoms with van der Waals surface area (Å²) < 4.78 is 0. The standard InChI is InChI=1S/C18H17NO/c1-13-7-6-10-16-17(13)11-14(2)19(18(16)12-20)15-8-4-3-5-9-15/h3-12,18H,1-2H3. The minimum Gasteiger partial charge on any atom is -0.331 e. The van der Waals surface area contributed by atoms with Crippen molar-refractivity contribution in [2.75, 3.05) is 4.90 Å². The van der Waals surface area contributed by atoms with Crippen LogP contribution in [0.2, 0.25) is 0 Å². The highest BCUT2D eigenvalue weighted by Crippen LogP contribution is 2.37. The molecule has 1 heterocycles. The number of aldehydes is 1. The number of nitrogens with zero attached hydrogens (tertiary/aromatic N) is 1. The molecule has 1 atom stereocenters. The zero-order valence-electron chi connectivity index (χ0n) is 11.7. The molecule has 0 N–H and O–H groups in total. The fourth-order valence-corrected chi connectivity index (χ4v) is 2.88. The molecule has 0 fully saturated rings. The predicted molar refractivity (Wildman–Crippen MR) is 82.6 cm³/mol. The number of carbonyl (C=O) groups is 1. The number of anilines is 1. The molecule has 100 valence electrons. The minimum atomic E-state index is -0.253. The number of hydrogen-bond acceptors (Lipinski definition) is 2. The number of fused-ring (bicyclic) bond motifs is 1. The lowest BCUT2D eigenvalue weighted by Crippen LogP contribution is -2.31. The van der Waals surface area contributed by atoms with Crippen molar-refractivity contribution in [2.45, 2.75) is 19.9 Å². The second kappa shape index (κ2) is 4.97. The lowest BCUT2D eigenvalue weighted by molar-refractivity contribution is -0.109. The number of allylic oxidation sites excluding steroid dienone is 1. The molecule has 0 aliphatic carbocycles. The van der Waals surface area contributed by atoms with E-state index in [0.29, 0.717) is 0 Å². The number of para-hydroxylation sites is 1. The molecule has 0 spiro atoms. The third-order valence-electron chi connectivity index (χ3n) is 3.85. The van der Waals surface area contributed by atoms with E-state index in [4.69, 9.17) is 0 Å². The molecular weight excluding hydrogens is 246 g/mol. The summed E-state index contributed by atoms with van der Waals surface area (Å²) in [4.78, 5) is 13.8. The van der Waals surface area contributed by atoms with Crippen molar-refractivity contribution in [2.24, 2.45) is 0 Å². The van der Waals surface area contributed by atoms with Gasteiger partial charge in [-0.1, -0.05) is 36.4 Å². The van der Waals surface area contributed by atoms with Crippen molar-refractivity contribution in [1.82, 2.24) is 0 Å². The predicted octanol–water partition coefficient (Wildman–Crippen LogP) is 4.12. The van der Waals surface area contributed by atoms with Gasteiger partial charge in [0.25, 0.3) is 0 Å². The van der Waals surface area contributed by atoms with Gasteiger partial charge < -0.3 is 9.69 Å². The largest absolute Gasteiger partial charge is 0.331 e. The van der Waals surface area contributed by atoms with Gasteiger partial charge in [-0.15, -0.1) is 0 Å². The van der Waals surface area contributed by atoms with Crippen LogP contribution in [0.4, 0.5) is 5.69 Å². The van der Waals surface area contributed by atoms with Crippen LogP contribution < -0.4 is 4.90 Å². The molecule has 2 nitrogen and oxygen atoms in total. The number of benzene rings is 2. The Morgan fingerprint density at radius 3 is 2.45 bits per heavy atom. The maximum absolute atomic E-state index is 11.7. The Hall–Kier alpha value is -2.35.